The number of carbonyl (C=O) groups is 1. The van der Waals surface area contributed by atoms with Crippen molar-refractivity contribution in [3.63, 3.8) is 0 Å². The smallest absolute Gasteiger partial charge is 0.323 e. The number of urea groups is 1. The highest BCUT2D eigenvalue weighted by Gasteiger charge is 2.30. The average Bonchev–Trinajstić information content (AvgIpc) is 3.24. The van der Waals surface area contributed by atoms with Crippen molar-refractivity contribution < 1.29 is 13.9 Å². The molecule has 130 valence electrons. The maximum Gasteiger partial charge on any atom is 0.323 e. The summed E-state index contributed by atoms with van der Waals surface area (Å²) in [6, 6.07) is -0.231. The van der Waals surface area contributed by atoms with E-state index in [1.165, 1.54) is 11.3 Å². The number of hydrogen-bond acceptors (Lipinski definition) is 8. The molecule has 24 heavy (non-hydrogen) atoms. The molecule has 9 nitrogen and oxygen atoms in total. The summed E-state index contributed by atoms with van der Waals surface area (Å²) in [5, 5.41) is 20.2. The highest BCUT2D eigenvalue weighted by atomic mass is 32.1. The van der Waals surface area contributed by atoms with Gasteiger partial charge < -0.3 is 14.1 Å². The summed E-state index contributed by atoms with van der Waals surface area (Å²) in [6.45, 7) is 7.21. The number of ether oxygens (including phenoxy) is 1. The van der Waals surface area contributed by atoms with Gasteiger partial charge >= 0.3 is 6.03 Å². The van der Waals surface area contributed by atoms with E-state index in [1.54, 1.807) is 4.90 Å². The molecule has 2 aromatic rings. The van der Waals surface area contributed by atoms with Crippen LogP contribution < -0.4 is 5.32 Å². The quantitative estimate of drug-likeness (QED) is 0.899. The molecule has 1 fully saturated rings. The van der Waals surface area contributed by atoms with Gasteiger partial charge in [-0.2, -0.15) is 0 Å². The summed E-state index contributed by atoms with van der Waals surface area (Å²) >= 11 is 1.38. The molecular formula is C14H20N6O3S. The van der Waals surface area contributed by atoms with Gasteiger partial charge in [0.25, 0.3) is 0 Å². The molecular weight excluding hydrogens is 332 g/mol. The monoisotopic (exact) mass is 352 g/mol. The first-order valence-corrected chi connectivity index (χ1v) is 8.71. The van der Waals surface area contributed by atoms with Crippen LogP contribution in [0.3, 0.4) is 0 Å². The maximum absolute atomic E-state index is 12.4. The summed E-state index contributed by atoms with van der Waals surface area (Å²) in [4.78, 5) is 14.0. The Morgan fingerprint density at radius 1 is 1.38 bits per heavy atom. The van der Waals surface area contributed by atoms with E-state index in [9.17, 15) is 4.79 Å². The summed E-state index contributed by atoms with van der Waals surface area (Å²) in [5.41, 5.74) is 0. The van der Waals surface area contributed by atoms with E-state index in [4.69, 9.17) is 9.15 Å². The molecule has 10 heteroatoms. The Hall–Kier alpha value is -2.07. The lowest BCUT2D eigenvalue weighted by Crippen LogP contribution is -2.44. The van der Waals surface area contributed by atoms with Crippen LogP contribution >= 0.6 is 11.3 Å². The number of nitrogens with one attached hydrogen (secondary N) is 1. The fraction of sp³-hybridized carbons (Fsp3) is 0.643. The van der Waals surface area contributed by atoms with E-state index in [2.05, 4.69) is 25.7 Å². The first-order chi connectivity index (χ1) is 11.6. The number of nitrogens with zero attached hydrogens (tertiary/aromatic N) is 5. The second-order valence-electron chi connectivity index (χ2n) is 5.72. The number of rotatable bonds is 4. The number of carbonyl (C=O) groups excluding carboxylic acids is 1. The van der Waals surface area contributed by atoms with Gasteiger partial charge in [-0.3, -0.25) is 5.32 Å². The molecule has 1 atom stereocenters. The second kappa shape index (κ2) is 7.22. The van der Waals surface area contributed by atoms with Crippen LogP contribution in [0.1, 0.15) is 49.6 Å². The Labute approximate surface area is 143 Å². The molecule has 0 aliphatic carbocycles. The summed E-state index contributed by atoms with van der Waals surface area (Å²) < 4.78 is 11.3. The Morgan fingerprint density at radius 3 is 2.88 bits per heavy atom. The molecule has 3 rings (SSSR count). The molecule has 0 spiro atoms. The van der Waals surface area contributed by atoms with Gasteiger partial charge in [-0.05, 0) is 6.42 Å². The van der Waals surface area contributed by atoms with E-state index in [0.717, 1.165) is 11.4 Å². The van der Waals surface area contributed by atoms with Gasteiger partial charge in [0.15, 0.2) is 6.10 Å². The third-order valence-electron chi connectivity index (χ3n) is 3.56. The zero-order valence-corrected chi connectivity index (χ0v) is 14.7. The standard InChI is InChI=1S/C14H20N6O3S/c1-4-10-16-19-13(24-10)15-14(21)20-5-6-22-9(7-20)12-18-17-11(23-12)8(2)3/h8-9H,4-7H2,1-3H3,(H,15,19,21)/t9-/m1/s1. The molecule has 1 N–H and O–H groups in total. The normalized spacial score (nSPS) is 18.2. The number of anilines is 1. The van der Waals surface area contributed by atoms with Gasteiger partial charge in [0.05, 0.1) is 13.2 Å². The van der Waals surface area contributed by atoms with Crippen molar-refractivity contribution in [2.45, 2.75) is 39.2 Å². The number of aryl methyl sites for hydroxylation is 1. The lowest BCUT2D eigenvalue weighted by atomic mass is 10.2. The SMILES string of the molecule is CCc1nnc(NC(=O)N2CCO[C@@H](c3nnc(C(C)C)o3)C2)s1. The highest BCUT2D eigenvalue weighted by Crippen LogP contribution is 2.24. The lowest BCUT2D eigenvalue weighted by Gasteiger charge is -2.30. The zero-order chi connectivity index (χ0) is 17.1. The molecule has 0 unspecified atom stereocenters. The van der Waals surface area contributed by atoms with E-state index in [-0.39, 0.29) is 11.9 Å². The van der Waals surface area contributed by atoms with Crippen LogP contribution in [0.15, 0.2) is 4.42 Å². The second-order valence-corrected chi connectivity index (χ2v) is 6.79. The van der Waals surface area contributed by atoms with E-state index in [0.29, 0.717) is 36.6 Å². The van der Waals surface area contributed by atoms with Gasteiger partial charge in [0, 0.05) is 12.5 Å². The predicted octanol–water partition coefficient (Wildman–Crippen LogP) is 2.21. The van der Waals surface area contributed by atoms with Crippen molar-refractivity contribution in [1.29, 1.82) is 0 Å². The van der Waals surface area contributed by atoms with Crippen LogP contribution in [0, 0.1) is 0 Å². The Bertz CT molecular complexity index is 700. The summed E-state index contributed by atoms with van der Waals surface area (Å²) in [7, 11) is 0. The van der Waals surface area contributed by atoms with Crippen LogP contribution in [-0.2, 0) is 11.2 Å². The third kappa shape index (κ3) is 3.70. The molecule has 0 radical (unpaired) electrons. The predicted molar refractivity (Wildman–Crippen MR) is 87.0 cm³/mol. The topological polar surface area (TPSA) is 106 Å². The van der Waals surface area contributed by atoms with E-state index < -0.39 is 6.10 Å². The molecule has 1 aliphatic rings. The van der Waals surface area contributed by atoms with Gasteiger partial charge in [-0.25, -0.2) is 4.79 Å². The van der Waals surface area contributed by atoms with E-state index in [1.807, 2.05) is 20.8 Å². The van der Waals surface area contributed by atoms with Crippen molar-refractivity contribution in [3.8, 4) is 0 Å². The minimum Gasteiger partial charge on any atom is -0.422 e. The molecule has 0 aromatic carbocycles. The van der Waals surface area contributed by atoms with Gasteiger partial charge in [-0.1, -0.05) is 32.1 Å². The first kappa shape index (κ1) is 16.8. The molecule has 2 aromatic heterocycles. The first-order valence-electron chi connectivity index (χ1n) is 7.90. The number of aromatic nitrogens is 4. The van der Waals surface area contributed by atoms with Crippen molar-refractivity contribution in [2.75, 3.05) is 25.0 Å². The summed E-state index contributed by atoms with van der Waals surface area (Å²) in [6.07, 6.45) is 0.382. The van der Waals surface area contributed by atoms with Crippen molar-refractivity contribution >= 4 is 22.5 Å². The fourth-order valence-electron chi connectivity index (χ4n) is 2.21. The fourth-order valence-corrected chi connectivity index (χ4v) is 2.88. The molecule has 1 saturated heterocycles. The van der Waals surface area contributed by atoms with Crippen LogP contribution in [0.25, 0.3) is 0 Å². The van der Waals surface area contributed by atoms with Crippen molar-refractivity contribution in [2.24, 2.45) is 0 Å². The van der Waals surface area contributed by atoms with Gasteiger partial charge in [0.1, 0.15) is 5.01 Å². The Morgan fingerprint density at radius 2 is 2.21 bits per heavy atom. The van der Waals surface area contributed by atoms with Crippen LogP contribution in [0.2, 0.25) is 0 Å². The maximum atomic E-state index is 12.4. The lowest BCUT2D eigenvalue weighted by molar-refractivity contribution is -0.0276. The number of hydrogen-bond donors (Lipinski definition) is 1. The van der Waals surface area contributed by atoms with Crippen molar-refractivity contribution in [3.05, 3.63) is 16.8 Å². The Kier molecular flexibility index (Phi) is 5.05. The van der Waals surface area contributed by atoms with Gasteiger partial charge in [-0.15, -0.1) is 20.4 Å². The Balaban J connectivity index is 1.62. The van der Waals surface area contributed by atoms with Crippen LogP contribution in [0.5, 0.6) is 0 Å². The zero-order valence-electron chi connectivity index (χ0n) is 13.9. The molecule has 1 aliphatic heterocycles. The van der Waals surface area contributed by atoms with E-state index >= 15 is 0 Å². The molecule has 3 heterocycles. The van der Waals surface area contributed by atoms with Gasteiger partial charge in [0.2, 0.25) is 16.9 Å². The molecule has 0 saturated carbocycles. The minimum atomic E-state index is -0.412. The molecule has 0 bridgehead atoms. The number of amides is 2. The third-order valence-corrected chi connectivity index (χ3v) is 4.55. The highest BCUT2D eigenvalue weighted by molar-refractivity contribution is 7.15. The van der Waals surface area contributed by atoms with Crippen LogP contribution in [0.4, 0.5) is 9.93 Å². The van der Waals surface area contributed by atoms with Crippen molar-refractivity contribution in [1.82, 2.24) is 25.3 Å². The number of morpholine rings is 1. The molecule has 2 amide bonds. The van der Waals surface area contributed by atoms with Crippen LogP contribution in [-0.4, -0.2) is 51.0 Å². The minimum absolute atomic E-state index is 0.152. The summed E-state index contributed by atoms with van der Waals surface area (Å²) in [5.74, 6) is 1.12. The largest absolute Gasteiger partial charge is 0.422 e. The average molecular weight is 352 g/mol.